The second-order valence-electron chi connectivity index (χ2n) is 5.93. The van der Waals surface area contributed by atoms with Crippen LogP contribution in [0.1, 0.15) is 16.9 Å². The van der Waals surface area contributed by atoms with Gasteiger partial charge in [-0.1, -0.05) is 29.3 Å². The van der Waals surface area contributed by atoms with Gasteiger partial charge in [0, 0.05) is 12.6 Å². The second-order valence-corrected chi connectivity index (χ2v) is 6.74. The van der Waals surface area contributed by atoms with Gasteiger partial charge in [-0.2, -0.15) is 15.2 Å². The number of hydrazone groups is 1. The first-order valence-corrected chi connectivity index (χ1v) is 8.70. The number of nitrogens with zero attached hydrogens (tertiary/aromatic N) is 4. The number of hydrogen-bond donors (Lipinski definition) is 1. The van der Waals surface area contributed by atoms with E-state index < -0.39 is 42.3 Å². The summed E-state index contributed by atoms with van der Waals surface area (Å²) in [6.45, 7) is -0.249. The molecule has 7 nitrogen and oxygen atoms in total. The molecule has 156 valence electrons. The van der Waals surface area contributed by atoms with Crippen molar-refractivity contribution in [2.75, 3.05) is 0 Å². The third-order valence-corrected chi connectivity index (χ3v) is 4.55. The molecule has 0 fully saturated rings. The van der Waals surface area contributed by atoms with Crippen LogP contribution in [0.5, 0.6) is 5.75 Å². The number of hydrogen-bond acceptors (Lipinski definition) is 5. The van der Waals surface area contributed by atoms with Crippen LogP contribution in [0.3, 0.4) is 0 Å². The summed E-state index contributed by atoms with van der Waals surface area (Å²) in [6, 6.07) is 5.81. The number of para-hydroxylation sites is 1. The lowest BCUT2D eigenvalue weighted by atomic mass is 10.1. The molecule has 3 rings (SSSR count). The van der Waals surface area contributed by atoms with Gasteiger partial charge in [-0.3, -0.25) is 4.79 Å². The quantitative estimate of drug-likeness (QED) is 0.675. The van der Waals surface area contributed by atoms with Crippen LogP contribution in [-0.2, 0) is 6.73 Å². The first-order chi connectivity index (χ1) is 13.6. The zero-order valence-electron chi connectivity index (χ0n) is 14.3. The van der Waals surface area contributed by atoms with E-state index >= 15 is 0 Å². The minimum Gasteiger partial charge on any atom is -0.468 e. The summed E-state index contributed by atoms with van der Waals surface area (Å²) in [6.07, 6.45) is -6.64. The van der Waals surface area contributed by atoms with E-state index in [1.807, 2.05) is 0 Å². The Morgan fingerprint density at radius 3 is 2.48 bits per heavy atom. The van der Waals surface area contributed by atoms with Crippen molar-refractivity contribution in [3.05, 3.63) is 46.2 Å². The summed E-state index contributed by atoms with van der Waals surface area (Å²) in [5.74, 6) is -1.12. The number of aliphatic hydroxyl groups is 1. The second kappa shape index (κ2) is 8.17. The normalized spacial score (nSPS) is 19.2. The highest BCUT2D eigenvalue weighted by Crippen LogP contribution is 2.34. The van der Waals surface area contributed by atoms with E-state index in [0.29, 0.717) is 0 Å². The summed E-state index contributed by atoms with van der Waals surface area (Å²) in [4.78, 5) is 12.5. The number of amides is 1. The van der Waals surface area contributed by atoms with Crippen LogP contribution in [0.25, 0.3) is 0 Å². The van der Waals surface area contributed by atoms with Gasteiger partial charge in [0.1, 0.15) is 5.71 Å². The largest absolute Gasteiger partial charge is 0.468 e. The zero-order chi connectivity index (χ0) is 21.3. The number of aromatic nitrogens is 2. The Balaban J connectivity index is 1.78. The summed E-state index contributed by atoms with van der Waals surface area (Å²) in [5, 5.41) is 17.4. The molecular formula is C16H12Cl2F4N4O3. The zero-order valence-corrected chi connectivity index (χ0v) is 15.8. The van der Waals surface area contributed by atoms with Crippen LogP contribution < -0.4 is 4.74 Å². The standard InChI is InChI=1S/C16H12Cl2F4N4O3/c17-8-2-1-3-9(18)12(8)29-7-25-5-4-10(23-25)14(27)26-16(28,15(21)22)6-11(24-26)13(19)20/h1-5,13,15,28H,6-7H2/t16-/m1/s1. The molecule has 1 aliphatic heterocycles. The van der Waals surface area contributed by atoms with Gasteiger partial charge in [0.2, 0.25) is 5.72 Å². The topological polar surface area (TPSA) is 80.0 Å². The highest BCUT2D eigenvalue weighted by atomic mass is 35.5. The Kier molecular flexibility index (Phi) is 6.01. The fraction of sp³-hybridized carbons (Fsp3) is 0.312. The molecule has 13 heteroatoms. The van der Waals surface area contributed by atoms with Crippen molar-refractivity contribution >= 4 is 34.8 Å². The van der Waals surface area contributed by atoms with Crippen LogP contribution in [-0.4, -0.2) is 50.1 Å². The molecule has 0 radical (unpaired) electrons. The summed E-state index contributed by atoms with van der Waals surface area (Å²) < 4.78 is 58.7. The Labute approximate surface area is 171 Å². The van der Waals surface area contributed by atoms with Gasteiger partial charge in [-0.15, -0.1) is 0 Å². The van der Waals surface area contributed by atoms with E-state index in [0.717, 1.165) is 10.7 Å². The number of alkyl halides is 4. The smallest absolute Gasteiger partial charge is 0.297 e. The Morgan fingerprint density at radius 2 is 1.90 bits per heavy atom. The first kappa shape index (κ1) is 21.3. The molecule has 29 heavy (non-hydrogen) atoms. The summed E-state index contributed by atoms with van der Waals surface area (Å²) in [5.41, 5.74) is -4.64. The molecule has 0 saturated heterocycles. The average molecular weight is 455 g/mol. The molecule has 1 aromatic carbocycles. The van der Waals surface area contributed by atoms with Crippen LogP contribution in [0.2, 0.25) is 10.0 Å². The van der Waals surface area contributed by atoms with Gasteiger partial charge in [0.25, 0.3) is 18.8 Å². The predicted octanol–water partition coefficient (Wildman–Crippen LogP) is 3.65. The molecule has 1 aromatic heterocycles. The molecule has 0 bridgehead atoms. The minimum atomic E-state index is -3.53. The number of benzene rings is 1. The Hall–Kier alpha value is -2.37. The van der Waals surface area contributed by atoms with E-state index in [4.69, 9.17) is 27.9 Å². The molecule has 0 unspecified atom stereocenters. The number of ether oxygens (including phenoxy) is 1. The van der Waals surface area contributed by atoms with Crippen LogP contribution >= 0.6 is 23.2 Å². The van der Waals surface area contributed by atoms with Gasteiger partial charge in [0.15, 0.2) is 18.2 Å². The number of halogens is 6. The summed E-state index contributed by atoms with van der Waals surface area (Å²) in [7, 11) is 0. The van der Waals surface area contributed by atoms with Crippen molar-refractivity contribution in [1.82, 2.24) is 14.8 Å². The van der Waals surface area contributed by atoms with Crippen molar-refractivity contribution in [3.63, 3.8) is 0 Å². The van der Waals surface area contributed by atoms with Crippen molar-refractivity contribution in [2.24, 2.45) is 5.10 Å². The van der Waals surface area contributed by atoms with E-state index in [9.17, 15) is 27.5 Å². The fourth-order valence-electron chi connectivity index (χ4n) is 2.51. The molecule has 0 aliphatic carbocycles. The van der Waals surface area contributed by atoms with Gasteiger partial charge in [-0.25, -0.2) is 22.2 Å². The van der Waals surface area contributed by atoms with E-state index in [1.165, 1.54) is 18.3 Å². The predicted molar refractivity (Wildman–Crippen MR) is 94.5 cm³/mol. The van der Waals surface area contributed by atoms with Crippen LogP contribution in [0, 0.1) is 0 Å². The van der Waals surface area contributed by atoms with E-state index in [-0.39, 0.29) is 27.5 Å². The minimum absolute atomic E-state index is 0.0718. The average Bonchev–Trinajstić information content (AvgIpc) is 3.26. The molecule has 1 aliphatic rings. The molecule has 2 heterocycles. The monoisotopic (exact) mass is 454 g/mol. The van der Waals surface area contributed by atoms with Crippen molar-refractivity contribution in [3.8, 4) is 5.75 Å². The first-order valence-electron chi connectivity index (χ1n) is 7.94. The fourth-order valence-corrected chi connectivity index (χ4v) is 3.02. The van der Waals surface area contributed by atoms with Crippen LogP contribution in [0.15, 0.2) is 35.6 Å². The van der Waals surface area contributed by atoms with E-state index in [2.05, 4.69) is 10.2 Å². The van der Waals surface area contributed by atoms with Crippen molar-refractivity contribution in [2.45, 2.75) is 31.7 Å². The van der Waals surface area contributed by atoms with Gasteiger partial charge >= 0.3 is 0 Å². The van der Waals surface area contributed by atoms with E-state index in [1.54, 1.807) is 6.07 Å². The number of carbonyl (C=O) groups excluding carboxylic acids is 1. The lowest BCUT2D eigenvalue weighted by Crippen LogP contribution is -2.51. The lowest BCUT2D eigenvalue weighted by Gasteiger charge is -2.29. The maximum atomic E-state index is 13.2. The number of carbonyl (C=O) groups is 1. The number of rotatable bonds is 6. The molecule has 1 amide bonds. The van der Waals surface area contributed by atoms with Gasteiger partial charge in [0.05, 0.1) is 10.0 Å². The highest BCUT2D eigenvalue weighted by molar-refractivity contribution is 6.37. The van der Waals surface area contributed by atoms with Crippen molar-refractivity contribution < 1.29 is 32.2 Å². The third-order valence-electron chi connectivity index (χ3n) is 3.95. The SMILES string of the molecule is O=C(c1ccn(COc2c(Cl)cccc2Cl)n1)N1N=C(C(F)F)C[C@@]1(O)C(F)F. The third kappa shape index (κ3) is 4.16. The highest BCUT2D eigenvalue weighted by Gasteiger charge is 2.53. The molecule has 0 spiro atoms. The molecule has 1 N–H and O–H groups in total. The molecule has 0 saturated carbocycles. The lowest BCUT2D eigenvalue weighted by molar-refractivity contribution is -0.164. The Morgan fingerprint density at radius 1 is 1.24 bits per heavy atom. The Bertz CT molecular complexity index is 936. The molecule has 1 atom stereocenters. The molecular weight excluding hydrogens is 443 g/mol. The van der Waals surface area contributed by atoms with Gasteiger partial charge < -0.3 is 9.84 Å². The van der Waals surface area contributed by atoms with Crippen molar-refractivity contribution in [1.29, 1.82) is 0 Å². The van der Waals surface area contributed by atoms with Gasteiger partial charge in [-0.05, 0) is 18.2 Å². The maximum Gasteiger partial charge on any atom is 0.297 e. The van der Waals surface area contributed by atoms with Crippen LogP contribution in [0.4, 0.5) is 17.6 Å². The molecule has 2 aromatic rings. The summed E-state index contributed by atoms with van der Waals surface area (Å²) >= 11 is 11.9. The maximum absolute atomic E-state index is 13.2.